The van der Waals surface area contributed by atoms with Gasteiger partial charge in [0.25, 0.3) is 0 Å². The normalized spacial score (nSPS) is 40.0. The molecular formula is C8H12O2. The highest BCUT2D eigenvalue weighted by atomic mass is 16.5. The Balaban J connectivity index is 2.11. The molecule has 1 saturated heterocycles. The van der Waals surface area contributed by atoms with E-state index in [9.17, 15) is 4.79 Å². The van der Waals surface area contributed by atoms with E-state index in [0.717, 1.165) is 19.3 Å². The molecule has 0 spiro atoms. The molecular weight excluding hydrogens is 128 g/mol. The topological polar surface area (TPSA) is 26.3 Å². The van der Waals surface area contributed by atoms with Crippen molar-refractivity contribution < 1.29 is 9.53 Å². The van der Waals surface area contributed by atoms with Crippen LogP contribution in [0, 0.1) is 11.3 Å². The zero-order valence-electron chi connectivity index (χ0n) is 6.01. The second-order valence-corrected chi connectivity index (χ2v) is 3.43. The molecule has 0 amide bonds. The van der Waals surface area contributed by atoms with Crippen molar-refractivity contribution in [3.8, 4) is 0 Å². The summed E-state index contributed by atoms with van der Waals surface area (Å²) in [4.78, 5) is 10.7. The van der Waals surface area contributed by atoms with Gasteiger partial charge in [-0.25, -0.2) is 0 Å². The van der Waals surface area contributed by atoms with Crippen LogP contribution in [0.2, 0.25) is 0 Å². The van der Waals surface area contributed by atoms with Gasteiger partial charge < -0.3 is 9.53 Å². The van der Waals surface area contributed by atoms with E-state index in [0.29, 0.717) is 12.5 Å². The highest BCUT2D eigenvalue weighted by Gasteiger charge is 2.47. The average Bonchev–Trinajstić information content (AvgIpc) is 2.71. The molecule has 1 aliphatic heterocycles. The summed E-state index contributed by atoms with van der Waals surface area (Å²) in [6.07, 6.45) is 4.56. The molecule has 0 radical (unpaired) electrons. The molecule has 0 aromatic rings. The van der Waals surface area contributed by atoms with Crippen molar-refractivity contribution in [1.82, 2.24) is 0 Å². The van der Waals surface area contributed by atoms with Crippen LogP contribution in [0.25, 0.3) is 0 Å². The van der Waals surface area contributed by atoms with Crippen molar-refractivity contribution in [3.05, 3.63) is 0 Å². The third-order valence-corrected chi connectivity index (χ3v) is 2.71. The predicted molar refractivity (Wildman–Crippen MR) is 36.7 cm³/mol. The van der Waals surface area contributed by atoms with Crippen LogP contribution in [0.4, 0.5) is 0 Å². The van der Waals surface area contributed by atoms with E-state index in [2.05, 4.69) is 0 Å². The lowest BCUT2D eigenvalue weighted by Gasteiger charge is -2.17. The lowest BCUT2D eigenvalue weighted by Crippen LogP contribution is -2.25. The molecule has 0 aromatic carbocycles. The fraction of sp³-hybridized carbons (Fsp3) is 0.875. The van der Waals surface area contributed by atoms with E-state index in [-0.39, 0.29) is 5.41 Å². The molecule has 1 heterocycles. The van der Waals surface area contributed by atoms with Crippen LogP contribution in [-0.2, 0) is 9.53 Å². The first kappa shape index (κ1) is 6.35. The predicted octanol–water partition coefficient (Wildman–Crippen LogP) is 1.00. The van der Waals surface area contributed by atoms with E-state index in [4.69, 9.17) is 4.74 Å². The van der Waals surface area contributed by atoms with Gasteiger partial charge in [-0.2, -0.15) is 0 Å². The van der Waals surface area contributed by atoms with Crippen molar-refractivity contribution in [2.45, 2.75) is 19.3 Å². The second-order valence-electron chi connectivity index (χ2n) is 3.43. The highest BCUT2D eigenvalue weighted by Crippen LogP contribution is 2.48. The number of ether oxygens (including phenoxy) is 1. The van der Waals surface area contributed by atoms with Gasteiger partial charge in [-0.15, -0.1) is 0 Å². The Morgan fingerprint density at radius 2 is 2.30 bits per heavy atom. The highest BCUT2D eigenvalue weighted by molar-refractivity contribution is 5.61. The molecule has 2 heteroatoms. The lowest BCUT2D eigenvalue weighted by molar-refractivity contribution is -0.117. The molecule has 2 aliphatic rings. The Morgan fingerprint density at radius 3 is 2.70 bits per heavy atom. The lowest BCUT2D eigenvalue weighted by atomic mass is 9.84. The summed E-state index contributed by atoms with van der Waals surface area (Å²) >= 11 is 0. The van der Waals surface area contributed by atoms with Crippen LogP contribution >= 0.6 is 0 Å². The smallest absolute Gasteiger partial charge is 0.128 e. The summed E-state index contributed by atoms with van der Waals surface area (Å²) < 4.78 is 5.22. The summed E-state index contributed by atoms with van der Waals surface area (Å²) in [5.41, 5.74) is -0.0556. The van der Waals surface area contributed by atoms with Gasteiger partial charge in [0.15, 0.2) is 0 Å². The molecule has 0 bridgehead atoms. The van der Waals surface area contributed by atoms with E-state index >= 15 is 0 Å². The third-order valence-electron chi connectivity index (χ3n) is 2.71. The quantitative estimate of drug-likeness (QED) is 0.535. The van der Waals surface area contributed by atoms with Gasteiger partial charge in [-0.1, -0.05) is 0 Å². The van der Waals surface area contributed by atoms with Crippen molar-refractivity contribution in [3.63, 3.8) is 0 Å². The van der Waals surface area contributed by atoms with Crippen molar-refractivity contribution in [1.29, 1.82) is 0 Å². The zero-order valence-corrected chi connectivity index (χ0v) is 6.01. The molecule has 0 N–H and O–H groups in total. The van der Waals surface area contributed by atoms with Gasteiger partial charge in [0.05, 0.1) is 12.0 Å². The van der Waals surface area contributed by atoms with E-state index in [1.165, 1.54) is 12.8 Å². The monoisotopic (exact) mass is 140 g/mol. The van der Waals surface area contributed by atoms with E-state index < -0.39 is 0 Å². The Kier molecular flexibility index (Phi) is 1.31. The Labute approximate surface area is 60.6 Å². The van der Waals surface area contributed by atoms with Gasteiger partial charge in [-0.05, 0) is 25.2 Å². The number of rotatable bonds is 2. The number of carbonyl (C=O) groups excluding carboxylic acids is 1. The SMILES string of the molecule is O=CC1(C2CC2)CCOC1. The summed E-state index contributed by atoms with van der Waals surface area (Å²) in [5.74, 6) is 0.660. The number of aldehydes is 1. The molecule has 2 rings (SSSR count). The van der Waals surface area contributed by atoms with Crippen LogP contribution in [0.3, 0.4) is 0 Å². The molecule has 2 fully saturated rings. The summed E-state index contributed by atoms with van der Waals surface area (Å²) in [7, 11) is 0. The van der Waals surface area contributed by atoms with Crippen molar-refractivity contribution in [2.75, 3.05) is 13.2 Å². The van der Waals surface area contributed by atoms with Crippen LogP contribution < -0.4 is 0 Å². The molecule has 1 atom stereocenters. The van der Waals surface area contributed by atoms with Gasteiger partial charge in [0.1, 0.15) is 6.29 Å². The molecule has 2 nitrogen and oxygen atoms in total. The fourth-order valence-corrected chi connectivity index (χ4v) is 1.77. The summed E-state index contributed by atoms with van der Waals surface area (Å²) in [6, 6.07) is 0. The maximum Gasteiger partial charge on any atom is 0.128 e. The second kappa shape index (κ2) is 2.06. The van der Waals surface area contributed by atoms with Crippen LogP contribution in [0.15, 0.2) is 0 Å². The molecule has 56 valence electrons. The van der Waals surface area contributed by atoms with E-state index in [1.54, 1.807) is 0 Å². The average molecular weight is 140 g/mol. The molecule has 0 aromatic heterocycles. The number of hydrogen-bond acceptors (Lipinski definition) is 2. The first-order valence-electron chi connectivity index (χ1n) is 3.91. The number of carbonyl (C=O) groups is 1. The zero-order chi connectivity index (χ0) is 7.03. The minimum Gasteiger partial charge on any atom is -0.380 e. The molecule has 1 saturated carbocycles. The van der Waals surface area contributed by atoms with Gasteiger partial charge in [0.2, 0.25) is 0 Å². The fourth-order valence-electron chi connectivity index (χ4n) is 1.77. The molecule has 1 aliphatic carbocycles. The Bertz CT molecular complexity index is 143. The Morgan fingerprint density at radius 1 is 1.50 bits per heavy atom. The Hall–Kier alpha value is -0.370. The van der Waals surface area contributed by atoms with Crippen LogP contribution in [-0.4, -0.2) is 19.5 Å². The third kappa shape index (κ3) is 0.788. The van der Waals surface area contributed by atoms with E-state index in [1.807, 2.05) is 0 Å². The van der Waals surface area contributed by atoms with Gasteiger partial charge in [0, 0.05) is 6.61 Å². The first-order valence-corrected chi connectivity index (χ1v) is 3.91. The van der Waals surface area contributed by atoms with Gasteiger partial charge >= 0.3 is 0 Å². The minimum absolute atomic E-state index is 0.0556. The summed E-state index contributed by atoms with van der Waals surface area (Å²) in [6.45, 7) is 1.47. The number of hydrogen-bond donors (Lipinski definition) is 0. The van der Waals surface area contributed by atoms with Crippen LogP contribution in [0.1, 0.15) is 19.3 Å². The summed E-state index contributed by atoms with van der Waals surface area (Å²) in [5, 5.41) is 0. The van der Waals surface area contributed by atoms with Crippen LogP contribution in [0.5, 0.6) is 0 Å². The van der Waals surface area contributed by atoms with Crippen molar-refractivity contribution in [2.24, 2.45) is 11.3 Å². The van der Waals surface area contributed by atoms with Crippen molar-refractivity contribution >= 4 is 6.29 Å². The standard InChI is InChI=1S/C8H12O2/c9-5-8(7-1-2-7)3-4-10-6-8/h5,7H,1-4,6H2. The first-order chi connectivity index (χ1) is 4.87. The maximum atomic E-state index is 10.7. The van der Waals surface area contributed by atoms with Gasteiger partial charge in [-0.3, -0.25) is 0 Å². The maximum absolute atomic E-state index is 10.7. The largest absolute Gasteiger partial charge is 0.380 e. The minimum atomic E-state index is -0.0556. The molecule has 10 heavy (non-hydrogen) atoms. The molecule has 1 unspecified atom stereocenters.